The molecule has 2 heterocycles. The van der Waals surface area contributed by atoms with Crippen LogP contribution in [0.5, 0.6) is 11.5 Å². The van der Waals surface area contributed by atoms with Crippen molar-refractivity contribution in [2.24, 2.45) is 5.92 Å². The smallest absolute Gasteiger partial charge is 0.247 e. The molecule has 6 atom stereocenters. The molecule has 4 amide bonds. The number of nitrogens with zero attached hydrogens (tertiary/aromatic N) is 1. The summed E-state index contributed by atoms with van der Waals surface area (Å²) in [5, 5.41) is 11.8. The van der Waals surface area contributed by atoms with Crippen LogP contribution in [0.25, 0.3) is 6.08 Å². The van der Waals surface area contributed by atoms with Crippen molar-refractivity contribution >= 4 is 29.7 Å². The van der Waals surface area contributed by atoms with Crippen molar-refractivity contribution in [3.8, 4) is 11.5 Å². The molecule has 3 aromatic carbocycles. The van der Waals surface area contributed by atoms with E-state index in [2.05, 4.69) is 21.3 Å². The number of carbonyl (C=O) groups is 4. The minimum absolute atomic E-state index is 0.203. The lowest BCUT2D eigenvalue weighted by Crippen LogP contribution is -2.60. The van der Waals surface area contributed by atoms with E-state index in [0.29, 0.717) is 36.3 Å². The van der Waals surface area contributed by atoms with Gasteiger partial charge in [0, 0.05) is 31.1 Å². The summed E-state index contributed by atoms with van der Waals surface area (Å²) < 4.78 is 12.0. The van der Waals surface area contributed by atoms with Crippen molar-refractivity contribution in [2.75, 3.05) is 20.7 Å². The van der Waals surface area contributed by atoms with E-state index in [-0.39, 0.29) is 30.7 Å². The van der Waals surface area contributed by atoms with Crippen molar-refractivity contribution < 1.29 is 28.7 Å². The third-order valence-corrected chi connectivity index (χ3v) is 9.51. The summed E-state index contributed by atoms with van der Waals surface area (Å²) in [4.78, 5) is 57.6. The van der Waals surface area contributed by atoms with Crippen molar-refractivity contribution in [2.45, 2.75) is 69.8 Å². The molecule has 5 rings (SSSR count). The molecule has 0 radical (unpaired) electrons. The van der Waals surface area contributed by atoms with E-state index >= 15 is 0 Å². The summed E-state index contributed by atoms with van der Waals surface area (Å²) in [6.45, 7) is 4.05. The maximum absolute atomic E-state index is 14.6. The first kappa shape index (κ1) is 36.1. The molecule has 50 heavy (non-hydrogen) atoms. The Balaban J connectivity index is 1.48. The molecule has 2 aliphatic heterocycles. The van der Waals surface area contributed by atoms with Crippen LogP contribution in [-0.2, 0) is 32.0 Å². The SMILES string of the molecule is CCC(C)C1NC(=O)C2C(CCN2C(=O)C(Cc2ccccc2)NC(=O)C(Cc2ccccc2)NC)Oc2ccc(OC)c(c2)C=CNC1=O. The highest BCUT2D eigenvalue weighted by atomic mass is 16.5. The number of hydrogen-bond donors (Lipinski definition) is 4. The minimum atomic E-state index is -1.07. The Morgan fingerprint density at radius 2 is 1.62 bits per heavy atom. The van der Waals surface area contributed by atoms with Crippen LogP contribution in [0, 0.1) is 5.92 Å². The molecule has 2 aliphatic rings. The van der Waals surface area contributed by atoms with Gasteiger partial charge in [0.25, 0.3) is 0 Å². The normalized spacial score (nSPS) is 20.7. The fourth-order valence-corrected chi connectivity index (χ4v) is 6.48. The second kappa shape index (κ2) is 17.0. The van der Waals surface area contributed by atoms with Gasteiger partial charge in [0.15, 0.2) is 0 Å². The molecule has 264 valence electrons. The zero-order chi connectivity index (χ0) is 35.6. The van der Waals surface area contributed by atoms with Crippen LogP contribution >= 0.6 is 0 Å². The van der Waals surface area contributed by atoms with Crippen molar-refractivity contribution in [3.63, 3.8) is 0 Å². The number of benzene rings is 3. The number of hydrogen-bond acceptors (Lipinski definition) is 7. The molecule has 1 fully saturated rings. The van der Waals surface area contributed by atoms with Gasteiger partial charge in [-0.3, -0.25) is 19.2 Å². The summed E-state index contributed by atoms with van der Waals surface area (Å²) in [6.07, 6.45) is 4.15. The molecule has 11 nitrogen and oxygen atoms in total. The molecular formula is C39H47N5O6. The lowest BCUT2D eigenvalue weighted by molar-refractivity contribution is -0.144. The topological polar surface area (TPSA) is 138 Å². The van der Waals surface area contributed by atoms with Gasteiger partial charge < -0.3 is 35.6 Å². The van der Waals surface area contributed by atoms with Gasteiger partial charge in [-0.2, -0.15) is 0 Å². The zero-order valence-electron chi connectivity index (χ0n) is 29.1. The van der Waals surface area contributed by atoms with Crippen LogP contribution in [-0.4, -0.2) is 79.5 Å². The van der Waals surface area contributed by atoms with Crippen LogP contribution in [0.3, 0.4) is 0 Å². The molecule has 1 saturated heterocycles. The Kier molecular flexibility index (Phi) is 12.3. The summed E-state index contributed by atoms with van der Waals surface area (Å²) in [6, 6.07) is 20.9. The number of likely N-dealkylation sites (tertiary alicyclic amines) is 1. The number of methoxy groups -OCH3 is 1. The second-order valence-electron chi connectivity index (χ2n) is 12.8. The van der Waals surface area contributed by atoms with Gasteiger partial charge in [0.05, 0.1) is 13.2 Å². The van der Waals surface area contributed by atoms with E-state index in [9.17, 15) is 19.2 Å². The van der Waals surface area contributed by atoms with Gasteiger partial charge in [-0.1, -0.05) is 80.9 Å². The zero-order valence-corrected chi connectivity index (χ0v) is 29.1. The van der Waals surface area contributed by atoms with Gasteiger partial charge in [-0.15, -0.1) is 0 Å². The van der Waals surface area contributed by atoms with Gasteiger partial charge >= 0.3 is 0 Å². The number of likely N-dealkylation sites (N-methyl/N-ethyl adjacent to an activating group) is 1. The summed E-state index contributed by atoms with van der Waals surface area (Å²) in [5.74, 6) is -0.753. The molecular weight excluding hydrogens is 634 g/mol. The Labute approximate surface area is 293 Å². The number of carbonyl (C=O) groups excluding carboxylic acids is 4. The fraction of sp³-hybridized carbons (Fsp3) is 0.385. The first-order chi connectivity index (χ1) is 24.2. The highest BCUT2D eigenvalue weighted by Crippen LogP contribution is 2.30. The molecule has 0 aliphatic carbocycles. The van der Waals surface area contributed by atoms with Gasteiger partial charge in [-0.25, -0.2) is 0 Å². The third kappa shape index (κ3) is 8.70. The van der Waals surface area contributed by atoms with Gasteiger partial charge in [-0.05, 0) is 54.8 Å². The van der Waals surface area contributed by atoms with Crippen molar-refractivity contribution in [1.29, 1.82) is 0 Å². The predicted octanol–water partition coefficient (Wildman–Crippen LogP) is 3.23. The number of fused-ring (bicyclic) bond motifs is 3. The molecule has 4 N–H and O–H groups in total. The first-order valence-corrected chi connectivity index (χ1v) is 17.2. The standard InChI is InChI=1S/C39H47N5O6/c1-5-25(2)34-37(46)41-20-18-28-24-29(16-17-32(28)49-4)50-33-19-21-44(35(33)38(47)43-34)39(48)31(23-27-14-10-7-11-15-27)42-36(45)30(40-3)22-26-12-8-6-9-13-26/h6-18,20,24-25,30-31,33-35,40H,5,19,21-23H2,1-4H3,(H,41,46)(H,42,45)(H,43,47). The average Bonchev–Trinajstić information content (AvgIpc) is 3.55. The lowest BCUT2D eigenvalue weighted by Gasteiger charge is -2.33. The highest BCUT2D eigenvalue weighted by molar-refractivity contribution is 5.96. The van der Waals surface area contributed by atoms with Crippen molar-refractivity contribution in [1.82, 2.24) is 26.2 Å². The summed E-state index contributed by atoms with van der Waals surface area (Å²) in [7, 11) is 3.27. The number of rotatable bonds is 11. The van der Waals surface area contributed by atoms with Crippen LogP contribution in [0.4, 0.5) is 0 Å². The molecule has 0 saturated carbocycles. The Bertz CT molecular complexity index is 1670. The predicted molar refractivity (Wildman–Crippen MR) is 191 cm³/mol. The second-order valence-corrected chi connectivity index (χ2v) is 12.8. The molecule has 2 bridgehead atoms. The van der Waals surface area contributed by atoms with E-state index in [1.165, 1.54) is 11.1 Å². The van der Waals surface area contributed by atoms with Crippen LogP contribution in [0.2, 0.25) is 0 Å². The minimum Gasteiger partial charge on any atom is -0.496 e. The molecule has 0 aromatic heterocycles. The number of amides is 4. The Morgan fingerprint density at radius 3 is 2.24 bits per heavy atom. The molecule has 6 unspecified atom stereocenters. The molecule has 3 aromatic rings. The lowest BCUT2D eigenvalue weighted by atomic mass is 9.97. The van der Waals surface area contributed by atoms with Crippen molar-refractivity contribution in [3.05, 3.63) is 102 Å². The quantitative estimate of drug-likeness (QED) is 0.244. The highest BCUT2D eigenvalue weighted by Gasteiger charge is 2.46. The maximum Gasteiger partial charge on any atom is 0.247 e. The average molecular weight is 682 g/mol. The van der Waals surface area contributed by atoms with Gasteiger partial charge in [0.1, 0.15) is 35.7 Å². The maximum atomic E-state index is 14.6. The summed E-state index contributed by atoms with van der Waals surface area (Å²) >= 11 is 0. The van der Waals surface area contributed by atoms with E-state index < -0.39 is 42.1 Å². The Hall–Kier alpha value is -5.16. The van der Waals surface area contributed by atoms with Gasteiger partial charge in [0.2, 0.25) is 23.6 Å². The van der Waals surface area contributed by atoms with E-state index in [0.717, 1.165) is 11.1 Å². The fourth-order valence-electron chi connectivity index (χ4n) is 6.48. The molecule has 11 heteroatoms. The number of nitrogens with one attached hydrogen (secondary N) is 4. The largest absolute Gasteiger partial charge is 0.496 e. The molecule has 0 spiro atoms. The third-order valence-electron chi connectivity index (χ3n) is 9.51. The summed E-state index contributed by atoms with van der Waals surface area (Å²) in [5.41, 5.74) is 2.50. The van der Waals surface area contributed by atoms with E-state index in [1.54, 1.807) is 38.4 Å². The van der Waals surface area contributed by atoms with E-state index in [1.807, 2.05) is 74.5 Å². The van der Waals surface area contributed by atoms with Crippen LogP contribution in [0.15, 0.2) is 85.1 Å². The van der Waals surface area contributed by atoms with Crippen LogP contribution < -0.4 is 30.7 Å². The Morgan fingerprint density at radius 1 is 0.960 bits per heavy atom. The monoisotopic (exact) mass is 681 g/mol. The van der Waals surface area contributed by atoms with Crippen LogP contribution in [0.1, 0.15) is 43.4 Å². The number of ether oxygens (including phenoxy) is 2. The first-order valence-electron chi connectivity index (χ1n) is 17.2. The van der Waals surface area contributed by atoms with E-state index in [4.69, 9.17) is 9.47 Å².